The molecule has 0 bridgehead atoms. The van der Waals surface area contributed by atoms with E-state index in [4.69, 9.17) is 5.11 Å². The van der Waals surface area contributed by atoms with Gasteiger partial charge in [-0.25, -0.2) is 4.79 Å². The molecule has 1 aromatic heterocycles. The van der Waals surface area contributed by atoms with E-state index < -0.39 is 5.97 Å². The molecule has 1 amide bonds. The molecule has 0 saturated heterocycles. The third kappa shape index (κ3) is 5.55. The van der Waals surface area contributed by atoms with E-state index in [2.05, 4.69) is 5.32 Å². The molecule has 0 spiro atoms. The molecule has 17 heavy (non-hydrogen) atoms. The Hall–Kier alpha value is -1.27. The van der Waals surface area contributed by atoms with Gasteiger partial charge in [0, 0.05) is 15.8 Å². The number of carboxylic acid groups (broad SMARTS) is 1. The summed E-state index contributed by atoms with van der Waals surface area (Å²) in [5, 5.41) is 11.3. The average molecular weight is 271 g/mol. The minimum absolute atomic E-state index is 0.00790. The number of amides is 1. The van der Waals surface area contributed by atoms with Gasteiger partial charge in [-0.15, -0.1) is 11.3 Å². The second kappa shape index (κ2) is 7.13. The van der Waals surface area contributed by atoms with Crippen molar-refractivity contribution in [2.75, 3.05) is 12.0 Å². The van der Waals surface area contributed by atoms with Crippen molar-refractivity contribution in [3.63, 3.8) is 0 Å². The first-order chi connectivity index (χ1) is 8.11. The number of hydrogen-bond donors (Lipinski definition) is 2. The summed E-state index contributed by atoms with van der Waals surface area (Å²) in [6.45, 7) is 0.491. The van der Waals surface area contributed by atoms with E-state index in [0.29, 0.717) is 12.3 Å². The van der Waals surface area contributed by atoms with E-state index in [-0.39, 0.29) is 5.91 Å². The molecule has 0 aliphatic rings. The van der Waals surface area contributed by atoms with E-state index in [9.17, 15) is 9.59 Å². The Bertz CT molecular complexity index is 426. The quantitative estimate of drug-likeness (QED) is 0.775. The van der Waals surface area contributed by atoms with Crippen LogP contribution in [0.3, 0.4) is 0 Å². The Balaban J connectivity index is 2.46. The fraction of sp³-hybridized carbons (Fsp3) is 0.273. The highest BCUT2D eigenvalue weighted by Crippen LogP contribution is 2.17. The Morgan fingerprint density at radius 3 is 2.94 bits per heavy atom. The second-order valence-corrected chi connectivity index (χ2v) is 5.25. The van der Waals surface area contributed by atoms with E-state index >= 15 is 0 Å². The number of carbonyl (C=O) groups excluding carboxylic acids is 1. The van der Waals surface area contributed by atoms with Crippen molar-refractivity contribution >= 4 is 41.1 Å². The van der Waals surface area contributed by atoms with Crippen molar-refractivity contribution in [3.05, 3.63) is 28.0 Å². The van der Waals surface area contributed by atoms with Crippen LogP contribution in [0.4, 0.5) is 0 Å². The molecule has 0 unspecified atom stereocenters. The topological polar surface area (TPSA) is 66.4 Å². The third-order valence-electron chi connectivity index (χ3n) is 1.81. The summed E-state index contributed by atoms with van der Waals surface area (Å²) in [4.78, 5) is 23.4. The molecule has 0 fully saturated rings. The Labute approximate surface area is 108 Å². The summed E-state index contributed by atoms with van der Waals surface area (Å²) >= 11 is 2.94. The molecule has 6 heteroatoms. The number of aliphatic carboxylic acids is 1. The molecule has 92 valence electrons. The minimum Gasteiger partial charge on any atom is -0.478 e. The number of carboxylic acids is 1. The fourth-order valence-electron chi connectivity index (χ4n) is 1.10. The van der Waals surface area contributed by atoms with Crippen LogP contribution < -0.4 is 5.32 Å². The first kappa shape index (κ1) is 13.8. The summed E-state index contributed by atoms with van der Waals surface area (Å²) in [5.74, 6) is -0.501. The highest BCUT2D eigenvalue weighted by molar-refractivity contribution is 7.99. The summed E-state index contributed by atoms with van der Waals surface area (Å²) < 4.78 is 0. The van der Waals surface area contributed by atoms with Gasteiger partial charge in [-0.2, -0.15) is 11.8 Å². The van der Waals surface area contributed by atoms with Gasteiger partial charge < -0.3 is 10.4 Å². The van der Waals surface area contributed by atoms with Crippen LogP contribution in [0.2, 0.25) is 0 Å². The molecule has 0 aromatic carbocycles. The molecule has 0 aliphatic carbocycles. The number of carbonyl (C=O) groups is 2. The second-order valence-electron chi connectivity index (χ2n) is 3.19. The number of hydrogen-bond acceptors (Lipinski definition) is 4. The Morgan fingerprint density at radius 2 is 2.29 bits per heavy atom. The van der Waals surface area contributed by atoms with Crippen molar-refractivity contribution in [3.8, 4) is 0 Å². The van der Waals surface area contributed by atoms with Crippen molar-refractivity contribution in [2.24, 2.45) is 0 Å². The third-order valence-corrected chi connectivity index (χ3v) is 3.41. The van der Waals surface area contributed by atoms with E-state index in [1.54, 1.807) is 6.08 Å². The van der Waals surface area contributed by atoms with E-state index in [1.165, 1.54) is 23.1 Å². The molecule has 0 radical (unpaired) electrons. The maximum absolute atomic E-state index is 11.2. The lowest BCUT2D eigenvalue weighted by Gasteiger charge is -2.00. The smallest absolute Gasteiger partial charge is 0.328 e. The van der Waals surface area contributed by atoms with Crippen molar-refractivity contribution in [1.82, 2.24) is 5.32 Å². The predicted octanol–water partition coefficient (Wildman–Crippen LogP) is 1.83. The van der Waals surface area contributed by atoms with Crippen molar-refractivity contribution in [2.45, 2.75) is 6.54 Å². The van der Waals surface area contributed by atoms with Crippen molar-refractivity contribution < 1.29 is 14.7 Å². The van der Waals surface area contributed by atoms with Gasteiger partial charge in [0.15, 0.2) is 0 Å². The van der Waals surface area contributed by atoms with E-state index in [0.717, 1.165) is 15.8 Å². The minimum atomic E-state index is -0.965. The summed E-state index contributed by atoms with van der Waals surface area (Å²) in [7, 11) is 0. The Morgan fingerprint density at radius 1 is 1.53 bits per heavy atom. The number of thioether (sulfide) groups is 1. The normalized spacial score (nSPS) is 10.6. The average Bonchev–Trinajstić information content (AvgIpc) is 2.72. The van der Waals surface area contributed by atoms with Gasteiger partial charge in [0.25, 0.3) is 0 Å². The molecule has 1 heterocycles. The lowest BCUT2D eigenvalue weighted by Crippen LogP contribution is -2.23. The highest BCUT2D eigenvalue weighted by Gasteiger charge is 2.02. The predicted molar refractivity (Wildman–Crippen MR) is 71.2 cm³/mol. The molecule has 1 aromatic rings. The maximum atomic E-state index is 11.2. The van der Waals surface area contributed by atoms with Crippen LogP contribution in [-0.2, 0) is 16.1 Å². The van der Waals surface area contributed by atoms with Gasteiger partial charge in [0.1, 0.15) is 0 Å². The van der Waals surface area contributed by atoms with Crippen LogP contribution in [0.1, 0.15) is 9.75 Å². The molecule has 0 atom stereocenters. The van der Waals surface area contributed by atoms with Crippen LogP contribution in [0, 0.1) is 0 Å². The molecule has 1 rings (SSSR count). The largest absolute Gasteiger partial charge is 0.478 e. The van der Waals surface area contributed by atoms with Crippen LogP contribution >= 0.6 is 23.1 Å². The zero-order chi connectivity index (χ0) is 12.7. The molecular weight excluding hydrogens is 258 g/mol. The van der Waals surface area contributed by atoms with Gasteiger partial charge >= 0.3 is 5.97 Å². The molecule has 2 N–H and O–H groups in total. The van der Waals surface area contributed by atoms with Crippen LogP contribution in [0.25, 0.3) is 6.08 Å². The summed E-state index contributed by atoms with van der Waals surface area (Å²) in [6.07, 6.45) is 4.52. The fourth-order valence-corrected chi connectivity index (χ4v) is 2.32. The van der Waals surface area contributed by atoms with Gasteiger partial charge in [-0.3, -0.25) is 4.79 Å². The zero-order valence-corrected chi connectivity index (χ0v) is 10.9. The maximum Gasteiger partial charge on any atom is 0.328 e. The zero-order valence-electron chi connectivity index (χ0n) is 9.30. The standard InChI is InChI=1S/C11H13NO3S2/c1-16-7-10(13)12-6-9-3-2-8(17-9)4-5-11(14)15/h2-5H,6-7H2,1H3,(H,12,13)(H,14,15). The summed E-state index contributed by atoms with van der Waals surface area (Å²) in [6, 6.07) is 3.71. The molecule has 0 aliphatic heterocycles. The van der Waals surface area contributed by atoms with Crippen LogP contribution in [-0.4, -0.2) is 29.0 Å². The van der Waals surface area contributed by atoms with Gasteiger partial charge in [0.2, 0.25) is 5.91 Å². The van der Waals surface area contributed by atoms with Gasteiger partial charge in [0.05, 0.1) is 12.3 Å². The first-order valence-electron chi connectivity index (χ1n) is 4.87. The lowest BCUT2D eigenvalue weighted by molar-refractivity contribution is -0.131. The van der Waals surface area contributed by atoms with Crippen LogP contribution in [0.5, 0.6) is 0 Å². The van der Waals surface area contributed by atoms with E-state index in [1.807, 2.05) is 18.4 Å². The molecule has 4 nitrogen and oxygen atoms in total. The SMILES string of the molecule is CSCC(=O)NCc1ccc(C=CC(=O)O)s1. The summed E-state index contributed by atoms with van der Waals surface area (Å²) in [5.41, 5.74) is 0. The van der Waals surface area contributed by atoms with Crippen molar-refractivity contribution in [1.29, 1.82) is 0 Å². The highest BCUT2D eigenvalue weighted by atomic mass is 32.2. The van der Waals surface area contributed by atoms with Gasteiger partial charge in [-0.05, 0) is 24.5 Å². The van der Waals surface area contributed by atoms with Crippen LogP contribution in [0.15, 0.2) is 18.2 Å². The lowest BCUT2D eigenvalue weighted by atomic mass is 10.4. The molecule has 0 saturated carbocycles. The number of rotatable bonds is 6. The number of nitrogens with one attached hydrogen (secondary N) is 1. The number of thiophene rings is 1. The van der Waals surface area contributed by atoms with Gasteiger partial charge in [-0.1, -0.05) is 0 Å². The Kier molecular flexibility index (Phi) is 5.79. The molecular formula is C11H13NO3S2. The first-order valence-corrected chi connectivity index (χ1v) is 7.08. The monoisotopic (exact) mass is 271 g/mol.